The number of hydrogen-bond acceptors (Lipinski definition) is 2. The van der Waals surface area contributed by atoms with Gasteiger partial charge in [0, 0.05) is 37.6 Å². The van der Waals surface area contributed by atoms with Gasteiger partial charge in [-0.05, 0) is 79.5 Å². The van der Waals surface area contributed by atoms with Gasteiger partial charge in [-0.25, -0.2) is 0 Å². The molecule has 0 N–H and O–H groups in total. The highest BCUT2D eigenvalue weighted by Crippen LogP contribution is 2.28. The van der Waals surface area contributed by atoms with Gasteiger partial charge in [0.15, 0.2) is 0 Å². The first-order chi connectivity index (χ1) is 12.8. The second kappa shape index (κ2) is 7.99. The molecule has 0 saturated carbocycles. The normalized spacial score (nSPS) is 18.0. The minimum absolute atomic E-state index is 1.11. The molecule has 2 aliphatic rings. The fourth-order valence-electron chi connectivity index (χ4n) is 4.22. The Hall–Kier alpha value is -2.22. The highest BCUT2D eigenvalue weighted by atomic mass is 15.1. The molecular formula is C24H30N2. The van der Waals surface area contributed by atoms with Crippen LogP contribution >= 0.6 is 0 Å². The van der Waals surface area contributed by atoms with Crippen molar-refractivity contribution in [1.29, 1.82) is 0 Å². The van der Waals surface area contributed by atoms with Crippen molar-refractivity contribution in [2.45, 2.75) is 38.5 Å². The van der Waals surface area contributed by atoms with Gasteiger partial charge in [-0.3, -0.25) is 0 Å². The molecule has 136 valence electrons. The summed E-state index contributed by atoms with van der Waals surface area (Å²) in [4.78, 5) is 5.01. The van der Waals surface area contributed by atoms with Gasteiger partial charge in [0.05, 0.1) is 0 Å². The Morgan fingerprint density at radius 1 is 0.538 bits per heavy atom. The van der Waals surface area contributed by atoms with E-state index >= 15 is 0 Å². The van der Waals surface area contributed by atoms with E-state index in [1.807, 2.05) is 0 Å². The summed E-state index contributed by atoms with van der Waals surface area (Å²) in [6, 6.07) is 17.9. The molecular weight excluding hydrogens is 316 g/mol. The zero-order valence-electron chi connectivity index (χ0n) is 15.8. The molecule has 0 amide bonds. The standard InChI is InChI=1S/C24H30N2/c1-20(21-8-12-23(13-9-21)25-16-4-2-5-17-25)22-10-14-24(15-11-22)26-18-6-3-7-19-26/h8-15H,1-7,16-19H2. The Kier molecular flexibility index (Phi) is 5.29. The number of benzene rings is 2. The van der Waals surface area contributed by atoms with Gasteiger partial charge in [0.1, 0.15) is 0 Å². The van der Waals surface area contributed by atoms with E-state index in [1.165, 1.54) is 87.2 Å². The van der Waals surface area contributed by atoms with Gasteiger partial charge in [-0.2, -0.15) is 0 Å². The number of hydrogen-bond donors (Lipinski definition) is 0. The van der Waals surface area contributed by atoms with Gasteiger partial charge in [-0.1, -0.05) is 30.8 Å². The van der Waals surface area contributed by atoms with Crippen LogP contribution in [-0.4, -0.2) is 26.2 Å². The van der Waals surface area contributed by atoms with Crippen molar-refractivity contribution in [2.24, 2.45) is 0 Å². The predicted molar refractivity (Wildman–Crippen MR) is 113 cm³/mol. The van der Waals surface area contributed by atoms with Crippen LogP contribution in [0, 0.1) is 0 Å². The van der Waals surface area contributed by atoms with Crippen LogP contribution in [0.25, 0.3) is 5.57 Å². The lowest BCUT2D eigenvalue weighted by atomic mass is 9.98. The molecule has 0 radical (unpaired) electrons. The van der Waals surface area contributed by atoms with Crippen LogP contribution in [0.4, 0.5) is 11.4 Å². The Morgan fingerprint density at radius 3 is 1.23 bits per heavy atom. The fourth-order valence-corrected chi connectivity index (χ4v) is 4.22. The average molecular weight is 347 g/mol. The monoisotopic (exact) mass is 346 g/mol. The highest BCUT2D eigenvalue weighted by molar-refractivity contribution is 5.79. The zero-order chi connectivity index (χ0) is 17.8. The molecule has 2 saturated heterocycles. The molecule has 4 rings (SSSR count). The first-order valence-corrected chi connectivity index (χ1v) is 10.2. The third-order valence-electron chi connectivity index (χ3n) is 5.87. The molecule has 0 spiro atoms. The van der Waals surface area contributed by atoms with Gasteiger partial charge in [0.2, 0.25) is 0 Å². The minimum atomic E-state index is 1.11. The summed E-state index contributed by atoms with van der Waals surface area (Å²) >= 11 is 0. The molecule has 0 atom stereocenters. The van der Waals surface area contributed by atoms with E-state index in [1.54, 1.807) is 0 Å². The van der Waals surface area contributed by atoms with Crippen molar-refractivity contribution in [3.05, 3.63) is 66.2 Å². The molecule has 2 nitrogen and oxygen atoms in total. The second-order valence-electron chi connectivity index (χ2n) is 7.67. The molecule has 2 aromatic rings. The van der Waals surface area contributed by atoms with Crippen LogP contribution < -0.4 is 9.80 Å². The van der Waals surface area contributed by atoms with Crippen LogP contribution in [0.2, 0.25) is 0 Å². The Bertz CT molecular complexity index is 654. The first kappa shape index (κ1) is 17.2. The molecule has 0 aromatic heterocycles. The van der Waals surface area contributed by atoms with Crippen LogP contribution in [0.3, 0.4) is 0 Å². The van der Waals surface area contributed by atoms with Crippen molar-refractivity contribution in [2.75, 3.05) is 36.0 Å². The summed E-state index contributed by atoms with van der Waals surface area (Å²) in [7, 11) is 0. The summed E-state index contributed by atoms with van der Waals surface area (Å²) in [5, 5.41) is 0. The van der Waals surface area contributed by atoms with Crippen LogP contribution in [0.1, 0.15) is 49.7 Å². The summed E-state index contributed by atoms with van der Waals surface area (Å²) in [6.07, 6.45) is 8.02. The largest absolute Gasteiger partial charge is 0.372 e. The van der Waals surface area contributed by atoms with Gasteiger partial charge >= 0.3 is 0 Å². The maximum Gasteiger partial charge on any atom is 0.0366 e. The summed E-state index contributed by atoms with van der Waals surface area (Å²) in [6.45, 7) is 9.12. The third-order valence-corrected chi connectivity index (χ3v) is 5.87. The molecule has 0 aliphatic carbocycles. The number of anilines is 2. The molecule has 2 aliphatic heterocycles. The smallest absolute Gasteiger partial charge is 0.0366 e. The Balaban J connectivity index is 1.44. The van der Waals surface area contributed by atoms with E-state index in [-0.39, 0.29) is 0 Å². The zero-order valence-corrected chi connectivity index (χ0v) is 15.8. The van der Waals surface area contributed by atoms with Crippen LogP contribution in [0.15, 0.2) is 55.1 Å². The van der Waals surface area contributed by atoms with E-state index in [4.69, 9.17) is 0 Å². The molecule has 2 aromatic carbocycles. The SMILES string of the molecule is C=C(c1ccc(N2CCCCC2)cc1)c1ccc(N2CCCCC2)cc1. The van der Waals surface area contributed by atoms with E-state index in [2.05, 4.69) is 64.9 Å². The Morgan fingerprint density at radius 2 is 0.885 bits per heavy atom. The van der Waals surface area contributed by atoms with E-state index in [0.29, 0.717) is 0 Å². The molecule has 2 fully saturated rings. The number of piperidine rings is 2. The molecule has 2 heterocycles. The summed E-state index contributed by atoms with van der Waals surface area (Å²) in [5.41, 5.74) is 6.25. The molecule has 2 heteroatoms. The Labute approximate surface area is 158 Å². The lowest BCUT2D eigenvalue weighted by Crippen LogP contribution is -2.29. The third kappa shape index (κ3) is 3.80. The maximum absolute atomic E-state index is 4.35. The van der Waals surface area contributed by atoms with E-state index in [9.17, 15) is 0 Å². The topological polar surface area (TPSA) is 6.48 Å². The van der Waals surface area contributed by atoms with E-state index in [0.717, 1.165) is 5.57 Å². The second-order valence-corrected chi connectivity index (χ2v) is 7.67. The van der Waals surface area contributed by atoms with Gasteiger partial charge in [-0.15, -0.1) is 0 Å². The van der Waals surface area contributed by atoms with Crippen molar-refractivity contribution < 1.29 is 0 Å². The summed E-state index contributed by atoms with van der Waals surface area (Å²) < 4.78 is 0. The van der Waals surface area contributed by atoms with Crippen molar-refractivity contribution in [3.8, 4) is 0 Å². The lowest BCUT2D eigenvalue weighted by Gasteiger charge is -2.29. The quantitative estimate of drug-likeness (QED) is 0.697. The van der Waals surface area contributed by atoms with Crippen LogP contribution in [0.5, 0.6) is 0 Å². The van der Waals surface area contributed by atoms with Gasteiger partial charge in [0.25, 0.3) is 0 Å². The molecule has 0 bridgehead atoms. The number of nitrogens with zero attached hydrogens (tertiary/aromatic N) is 2. The van der Waals surface area contributed by atoms with Crippen molar-refractivity contribution in [1.82, 2.24) is 0 Å². The first-order valence-electron chi connectivity index (χ1n) is 10.2. The number of rotatable bonds is 4. The van der Waals surface area contributed by atoms with E-state index < -0.39 is 0 Å². The minimum Gasteiger partial charge on any atom is -0.372 e. The van der Waals surface area contributed by atoms with Gasteiger partial charge < -0.3 is 9.80 Å². The molecule has 26 heavy (non-hydrogen) atoms. The highest BCUT2D eigenvalue weighted by Gasteiger charge is 2.13. The average Bonchev–Trinajstić information content (AvgIpc) is 2.75. The predicted octanol–water partition coefficient (Wildman–Crippen LogP) is 5.73. The lowest BCUT2D eigenvalue weighted by molar-refractivity contribution is 0.578. The van der Waals surface area contributed by atoms with Crippen molar-refractivity contribution >= 4 is 16.9 Å². The van der Waals surface area contributed by atoms with Crippen LogP contribution in [-0.2, 0) is 0 Å². The summed E-state index contributed by atoms with van der Waals surface area (Å²) in [5.74, 6) is 0. The fraction of sp³-hybridized carbons (Fsp3) is 0.417. The maximum atomic E-state index is 4.35. The van der Waals surface area contributed by atoms with Crippen molar-refractivity contribution in [3.63, 3.8) is 0 Å². The molecule has 0 unspecified atom stereocenters.